The molecule has 0 aliphatic carbocycles. The van der Waals surface area contributed by atoms with Gasteiger partial charge in [0.1, 0.15) is 12.4 Å². The largest absolute Gasteiger partial charge is 0.489 e. The van der Waals surface area contributed by atoms with Crippen LogP contribution in [0, 0.1) is 17.5 Å². The summed E-state index contributed by atoms with van der Waals surface area (Å²) in [6, 6.07) is 16.0. The Labute approximate surface area is 180 Å². The third-order valence-electron chi connectivity index (χ3n) is 4.79. The molecule has 1 saturated heterocycles. The summed E-state index contributed by atoms with van der Waals surface area (Å²) in [4.78, 5) is 22.9. The van der Waals surface area contributed by atoms with Gasteiger partial charge in [-0.2, -0.15) is 0 Å². The molecule has 1 unspecified atom stereocenters. The van der Waals surface area contributed by atoms with Gasteiger partial charge in [-0.15, -0.1) is 0 Å². The average Bonchev–Trinajstić information content (AvgIpc) is 3.08. The molecule has 0 spiro atoms. The first-order valence-electron chi connectivity index (χ1n) is 9.36. The number of nitrogens with one attached hydrogen (secondary N) is 1. The molecule has 31 heavy (non-hydrogen) atoms. The average molecular weight is 443 g/mol. The van der Waals surface area contributed by atoms with E-state index in [0.717, 1.165) is 35.0 Å². The van der Waals surface area contributed by atoms with Crippen LogP contribution in [0.1, 0.15) is 11.1 Å². The van der Waals surface area contributed by atoms with E-state index in [4.69, 9.17) is 4.74 Å². The lowest BCUT2D eigenvalue weighted by Gasteiger charge is -2.10. The molecule has 0 radical (unpaired) electrons. The molecule has 1 aliphatic rings. The summed E-state index contributed by atoms with van der Waals surface area (Å²) in [5, 5.41) is 1.53. The number of halogens is 3. The normalized spacial score (nSPS) is 15.8. The van der Waals surface area contributed by atoms with E-state index in [-0.39, 0.29) is 23.3 Å². The van der Waals surface area contributed by atoms with Crippen LogP contribution in [0.3, 0.4) is 0 Å². The van der Waals surface area contributed by atoms with Crippen molar-refractivity contribution in [2.24, 2.45) is 0 Å². The fourth-order valence-corrected chi connectivity index (χ4v) is 4.01. The molecule has 3 aromatic rings. The van der Waals surface area contributed by atoms with E-state index in [2.05, 4.69) is 5.32 Å². The molecular formula is C23H16F3NO3S. The zero-order valence-corrected chi connectivity index (χ0v) is 16.8. The molecule has 0 bridgehead atoms. The van der Waals surface area contributed by atoms with Gasteiger partial charge in [0.05, 0.1) is 5.25 Å². The van der Waals surface area contributed by atoms with Crippen molar-refractivity contribution in [3.8, 4) is 16.9 Å². The Hall–Kier alpha value is -3.26. The van der Waals surface area contributed by atoms with Gasteiger partial charge in [0, 0.05) is 0 Å². The monoisotopic (exact) mass is 443 g/mol. The maximum Gasteiger partial charge on any atom is 0.286 e. The lowest BCUT2D eigenvalue weighted by atomic mass is 10.0. The number of thioether (sulfide) groups is 1. The Morgan fingerprint density at radius 1 is 0.839 bits per heavy atom. The summed E-state index contributed by atoms with van der Waals surface area (Å²) >= 11 is 0.991. The summed E-state index contributed by atoms with van der Waals surface area (Å²) in [5.74, 6) is -3.59. The number of hydrogen-bond donors (Lipinski definition) is 1. The molecule has 4 rings (SSSR count). The van der Waals surface area contributed by atoms with E-state index in [1.54, 1.807) is 36.4 Å². The second kappa shape index (κ2) is 8.85. The van der Waals surface area contributed by atoms with E-state index in [1.165, 1.54) is 0 Å². The maximum absolute atomic E-state index is 13.4. The Bertz CT molecular complexity index is 1110. The van der Waals surface area contributed by atoms with Crippen LogP contribution in [0.5, 0.6) is 5.75 Å². The number of rotatable bonds is 6. The summed E-state index contributed by atoms with van der Waals surface area (Å²) < 4.78 is 45.7. The minimum Gasteiger partial charge on any atom is -0.489 e. The highest BCUT2D eigenvalue weighted by Gasteiger charge is 2.31. The zero-order chi connectivity index (χ0) is 22.0. The molecule has 8 heteroatoms. The number of amides is 2. The summed E-state index contributed by atoms with van der Waals surface area (Å²) in [6.07, 6.45) is 0.453. The molecule has 3 aromatic carbocycles. The van der Waals surface area contributed by atoms with Crippen molar-refractivity contribution in [1.29, 1.82) is 0 Å². The van der Waals surface area contributed by atoms with E-state index < -0.39 is 22.7 Å². The number of carbonyl (C=O) groups excluding carboxylic acids is 2. The van der Waals surface area contributed by atoms with Gasteiger partial charge in [-0.25, -0.2) is 13.2 Å². The highest BCUT2D eigenvalue weighted by atomic mass is 32.2. The van der Waals surface area contributed by atoms with Crippen molar-refractivity contribution < 1.29 is 27.5 Å². The predicted molar refractivity (Wildman–Crippen MR) is 111 cm³/mol. The van der Waals surface area contributed by atoms with Gasteiger partial charge in [-0.05, 0) is 52.9 Å². The van der Waals surface area contributed by atoms with Gasteiger partial charge in [0.25, 0.3) is 5.24 Å². The molecule has 2 amide bonds. The van der Waals surface area contributed by atoms with E-state index >= 15 is 0 Å². The lowest BCUT2D eigenvalue weighted by Crippen LogP contribution is -2.25. The first-order chi connectivity index (χ1) is 14.9. The smallest absolute Gasteiger partial charge is 0.286 e. The van der Waals surface area contributed by atoms with Gasteiger partial charge < -0.3 is 4.74 Å². The third-order valence-corrected chi connectivity index (χ3v) is 5.77. The maximum atomic E-state index is 13.4. The molecule has 1 heterocycles. The van der Waals surface area contributed by atoms with Crippen LogP contribution in [0.2, 0.25) is 0 Å². The van der Waals surface area contributed by atoms with Crippen molar-refractivity contribution in [2.45, 2.75) is 18.3 Å². The molecular weight excluding hydrogens is 427 g/mol. The molecule has 1 atom stereocenters. The van der Waals surface area contributed by atoms with E-state index in [9.17, 15) is 22.8 Å². The van der Waals surface area contributed by atoms with Crippen LogP contribution in [0.4, 0.5) is 18.0 Å². The second-order valence-corrected chi connectivity index (χ2v) is 8.15. The van der Waals surface area contributed by atoms with Crippen molar-refractivity contribution >= 4 is 22.9 Å². The number of hydrogen-bond acceptors (Lipinski definition) is 4. The minimum atomic E-state index is -1.49. The Morgan fingerprint density at radius 3 is 2.03 bits per heavy atom. The van der Waals surface area contributed by atoms with Gasteiger partial charge in [-0.1, -0.05) is 48.2 Å². The van der Waals surface area contributed by atoms with Gasteiger partial charge in [-0.3, -0.25) is 14.9 Å². The topological polar surface area (TPSA) is 55.4 Å². The van der Waals surface area contributed by atoms with Crippen molar-refractivity contribution in [3.05, 3.63) is 89.2 Å². The summed E-state index contributed by atoms with van der Waals surface area (Å²) in [5.41, 5.74) is 2.56. The highest BCUT2D eigenvalue weighted by molar-refractivity contribution is 8.15. The molecule has 4 nitrogen and oxygen atoms in total. The zero-order valence-electron chi connectivity index (χ0n) is 16.0. The number of benzene rings is 3. The van der Waals surface area contributed by atoms with Gasteiger partial charge in [0.2, 0.25) is 5.91 Å². The fraction of sp³-hybridized carbons (Fsp3) is 0.130. The fourth-order valence-electron chi connectivity index (χ4n) is 3.15. The van der Waals surface area contributed by atoms with E-state index in [0.29, 0.717) is 17.7 Å². The van der Waals surface area contributed by atoms with Crippen LogP contribution in [0.15, 0.2) is 60.7 Å². The van der Waals surface area contributed by atoms with Crippen LogP contribution in [-0.2, 0) is 17.8 Å². The number of ether oxygens (including phenoxy) is 1. The first kappa shape index (κ1) is 21.0. The van der Waals surface area contributed by atoms with Crippen molar-refractivity contribution in [1.82, 2.24) is 5.32 Å². The standard InChI is InChI=1S/C23H16F3NO3S/c24-18-10-16(11-19(25)21(18)26)15-5-1-14(2-6-15)12-30-17-7-3-13(4-8-17)9-20-22(28)27-23(29)31-20/h1-8,10-11,20H,9,12H2,(H,27,28,29). The first-order valence-corrected chi connectivity index (χ1v) is 10.2. The third kappa shape index (κ3) is 4.91. The SMILES string of the molecule is O=C1NC(=O)C(Cc2ccc(OCc3ccc(-c4cc(F)c(F)c(F)c4)cc3)cc2)S1. The molecule has 158 valence electrons. The second-order valence-electron chi connectivity index (χ2n) is 6.97. The highest BCUT2D eigenvalue weighted by Crippen LogP contribution is 2.26. The van der Waals surface area contributed by atoms with Gasteiger partial charge >= 0.3 is 0 Å². The Kier molecular flexibility index (Phi) is 5.99. The summed E-state index contributed by atoms with van der Waals surface area (Å²) in [7, 11) is 0. The lowest BCUT2D eigenvalue weighted by molar-refractivity contribution is -0.118. The van der Waals surface area contributed by atoms with Crippen LogP contribution < -0.4 is 10.1 Å². The molecule has 1 N–H and O–H groups in total. The van der Waals surface area contributed by atoms with Crippen LogP contribution in [-0.4, -0.2) is 16.4 Å². The van der Waals surface area contributed by atoms with Crippen LogP contribution in [0.25, 0.3) is 11.1 Å². The Morgan fingerprint density at radius 2 is 1.45 bits per heavy atom. The molecule has 1 aliphatic heterocycles. The molecule has 0 aromatic heterocycles. The Balaban J connectivity index is 1.35. The van der Waals surface area contributed by atoms with Crippen molar-refractivity contribution in [3.63, 3.8) is 0 Å². The van der Waals surface area contributed by atoms with Crippen LogP contribution >= 0.6 is 11.8 Å². The van der Waals surface area contributed by atoms with Gasteiger partial charge in [0.15, 0.2) is 17.5 Å². The molecule has 1 fully saturated rings. The number of imide groups is 1. The number of carbonyl (C=O) groups is 2. The van der Waals surface area contributed by atoms with E-state index in [1.807, 2.05) is 12.1 Å². The molecule has 0 saturated carbocycles. The minimum absolute atomic E-state index is 0.246. The predicted octanol–water partition coefficient (Wildman–Crippen LogP) is 5.24. The van der Waals surface area contributed by atoms with Crippen molar-refractivity contribution in [2.75, 3.05) is 0 Å². The quantitative estimate of drug-likeness (QED) is 0.529. The summed E-state index contributed by atoms with van der Waals surface area (Å²) in [6.45, 7) is 0.279.